The van der Waals surface area contributed by atoms with Crippen molar-refractivity contribution >= 4 is 31.9 Å². The number of nitrogens with two attached hydrogens (primary N) is 1. The van der Waals surface area contributed by atoms with Gasteiger partial charge in [0.2, 0.25) is 0 Å². The Labute approximate surface area is 101 Å². The molecular weight excluding hydrogens is 310 g/mol. The smallest absolute Gasteiger partial charge is 0.133 e. The maximum absolute atomic E-state index is 5.60. The minimum atomic E-state index is 0.380. The normalized spacial score (nSPS) is 12.6. The van der Waals surface area contributed by atoms with Crippen LogP contribution in [0.3, 0.4) is 0 Å². The van der Waals surface area contributed by atoms with Gasteiger partial charge < -0.3 is 10.5 Å². The van der Waals surface area contributed by atoms with E-state index in [2.05, 4.69) is 38.8 Å². The molecule has 0 aliphatic heterocycles. The van der Waals surface area contributed by atoms with Crippen LogP contribution in [0.2, 0.25) is 0 Å². The minimum Gasteiger partial charge on any atom is -0.492 e. The second-order valence-corrected chi connectivity index (χ2v) is 5.00. The van der Waals surface area contributed by atoms with Crippen molar-refractivity contribution < 1.29 is 4.74 Å². The van der Waals surface area contributed by atoms with E-state index in [0.29, 0.717) is 19.1 Å². The van der Waals surface area contributed by atoms with E-state index in [0.717, 1.165) is 14.7 Å². The number of rotatable bonds is 4. The quantitative estimate of drug-likeness (QED) is 0.924. The van der Waals surface area contributed by atoms with E-state index in [-0.39, 0.29) is 0 Å². The van der Waals surface area contributed by atoms with Gasteiger partial charge in [-0.3, -0.25) is 0 Å². The zero-order chi connectivity index (χ0) is 10.6. The molecule has 4 heteroatoms. The van der Waals surface area contributed by atoms with Crippen LogP contribution in [0.25, 0.3) is 0 Å². The van der Waals surface area contributed by atoms with E-state index in [4.69, 9.17) is 10.5 Å². The summed E-state index contributed by atoms with van der Waals surface area (Å²) in [5.41, 5.74) is 5.50. The SMILES string of the molecule is CC(CN)COc1ccc(Br)cc1Br. The Balaban J connectivity index is 2.59. The Bertz CT molecular complexity index is 304. The molecule has 0 saturated carbocycles. The average molecular weight is 323 g/mol. The Hall–Kier alpha value is -0.0600. The van der Waals surface area contributed by atoms with Gasteiger partial charge in [-0.1, -0.05) is 22.9 Å². The van der Waals surface area contributed by atoms with Crippen molar-refractivity contribution in [2.75, 3.05) is 13.2 Å². The van der Waals surface area contributed by atoms with Crippen LogP contribution in [0.15, 0.2) is 27.1 Å². The maximum Gasteiger partial charge on any atom is 0.133 e. The predicted octanol–water partition coefficient (Wildman–Crippen LogP) is 3.19. The molecule has 1 unspecified atom stereocenters. The second-order valence-electron chi connectivity index (χ2n) is 3.23. The fourth-order valence-corrected chi connectivity index (χ4v) is 2.05. The van der Waals surface area contributed by atoms with Crippen LogP contribution in [0, 0.1) is 5.92 Å². The fourth-order valence-electron chi connectivity index (χ4n) is 0.892. The summed E-state index contributed by atoms with van der Waals surface area (Å²) in [5.74, 6) is 1.24. The summed E-state index contributed by atoms with van der Waals surface area (Å²) in [6, 6.07) is 5.84. The average Bonchev–Trinajstić information content (AvgIpc) is 2.16. The first kappa shape index (κ1) is 12.0. The van der Waals surface area contributed by atoms with Gasteiger partial charge in [0.15, 0.2) is 0 Å². The predicted molar refractivity (Wildman–Crippen MR) is 65.6 cm³/mol. The van der Waals surface area contributed by atoms with Crippen LogP contribution in [-0.4, -0.2) is 13.2 Å². The highest BCUT2D eigenvalue weighted by molar-refractivity contribution is 9.11. The lowest BCUT2D eigenvalue weighted by atomic mass is 10.2. The zero-order valence-electron chi connectivity index (χ0n) is 7.97. The lowest BCUT2D eigenvalue weighted by molar-refractivity contribution is 0.262. The molecule has 0 radical (unpaired) electrons. The Morgan fingerprint density at radius 2 is 2.14 bits per heavy atom. The van der Waals surface area contributed by atoms with Gasteiger partial charge in [0.1, 0.15) is 5.75 Å². The third-order valence-electron chi connectivity index (χ3n) is 1.82. The first-order valence-electron chi connectivity index (χ1n) is 4.41. The van der Waals surface area contributed by atoms with Crippen LogP contribution in [0.1, 0.15) is 6.92 Å². The molecule has 1 rings (SSSR count). The Kier molecular flexibility index (Phi) is 4.92. The summed E-state index contributed by atoms with van der Waals surface area (Å²) in [7, 11) is 0. The van der Waals surface area contributed by atoms with Gasteiger partial charge in [-0.25, -0.2) is 0 Å². The van der Waals surface area contributed by atoms with Crippen molar-refractivity contribution in [3.63, 3.8) is 0 Å². The number of ether oxygens (including phenoxy) is 1. The molecule has 0 amide bonds. The zero-order valence-corrected chi connectivity index (χ0v) is 11.1. The number of benzene rings is 1. The molecule has 0 bridgehead atoms. The Morgan fingerprint density at radius 3 is 2.71 bits per heavy atom. The van der Waals surface area contributed by atoms with Crippen LogP contribution in [0.5, 0.6) is 5.75 Å². The standard InChI is InChI=1S/C10H13Br2NO/c1-7(5-13)6-14-10-3-2-8(11)4-9(10)12/h2-4,7H,5-6,13H2,1H3. The van der Waals surface area contributed by atoms with Crippen molar-refractivity contribution in [1.82, 2.24) is 0 Å². The first-order valence-corrected chi connectivity index (χ1v) is 6.00. The van der Waals surface area contributed by atoms with Crippen molar-refractivity contribution in [1.29, 1.82) is 0 Å². The molecule has 0 fully saturated rings. The van der Waals surface area contributed by atoms with Crippen molar-refractivity contribution in [3.8, 4) is 5.75 Å². The van der Waals surface area contributed by atoms with Crippen molar-refractivity contribution in [2.24, 2.45) is 11.7 Å². The topological polar surface area (TPSA) is 35.2 Å². The minimum absolute atomic E-state index is 0.380. The van der Waals surface area contributed by atoms with Gasteiger partial charge in [-0.2, -0.15) is 0 Å². The maximum atomic E-state index is 5.60. The molecule has 0 aromatic heterocycles. The largest absolute Gasteiger partial charge is 0.492 e. The van der Waals surface area contributed by atoms with E-state index in [1.54, 1.807) is 0 Å². The molecular formula is C10H13Br2NO. The van der Waals surface area contributed by atoms with Crippen molar-refractivity contribution in [2.45, 2.75) is 6.92 Å². The number of hydrogen-bond acceptors (Lipinski definition) is 2. The molecule has 2 N–H and O–H groups in total. The molecule has 78 valence electrons. The highest BCUT2D eigenvalue weighted by atomic mass is 79.9. The summed E-state index contributed by atoms with van der Waals surface area (Å²) in [5, 5.41) is 0. The van der Waals surface area contributed by atoms with E-state index in [9.17, 15) is 0 Å². The molecule has 0 saturated heterocycles. The van der Waals surface area contributed by atoms with Gasteiger partial charge in [0, 0.05) is 10.4 Å². The van der Waals surface area contributed by atoms with Gasteiger partial charge in [0.05, 0.1) is 11.1 Å². The van der Waals surface area contributed by atoms with E-state index < -0.39 is 0 Å². The monoisotopic (exact) mass is 321 g/mol. The summed E-state index contributed by atoms with van der Waals surface area (Å²) < 4.78 is 7.58. The van der Waals surface area contributed by atoms with Crippen molar-refractivity contribution in [3.05, 3.63) is 27.1 Å². The van der Waals surface area contributed by atoms with Crippen LogP contribution in [-0.2, 0) is 0 Å². The summed E-state index contributed by atoms with van der Waals surface area (Å²) >= 11 is 6.82. The number of hydrogen-bond donors (Lipinski definition) is 1. The summed E-state index contributed by atoms with van der Waals surface area (Å²) in [6.45, 7) is 3.36. The third kappa shape index (κ3) is 3.59. The van der Waals surface area contributed by atoms with Gasteiger partial charge in [0.25, 0.3) is 0 Å². The van der Waals surface area contributed by atoms with E-state index in [1.807, 2.05) is 18.2 Å². The summed E-state index contributed by atoms with van der Waals surface area (Å²) in [4.78, 5) is 0. The number of halogens is 2. The van der Waals surface area contributed by atoms with E-state index in [1.165, 1.54) is 0 Å². The molecule has 0 aliphatic rings. The molecule has 1 aromatic rings. The van der Waals surface area contributed by atoms with Crippen LogP contribution < -0.4 is 10.5 Å². The highest BCUT2D eigenvalue weighted by Crippen LogP contribution is 2.28. The molecule has 0 aliphatic carbocycles. The second kappa shape index (κ2) is 5.73. The van der Waals surface area contributed by atoms with Crippen LogP contribution >= 0.6 is 31.9 Å². The van der Waals surface area contributed by atoms with Gasteiger partial charge in [-0.15, -0.1) is 0 Å². The van der Waals surface area contributed by atoms with Gasteiger partial charge >= 0.3 is 0 Å². The molecule has 14 heavy (non-hydrogen) atoms. The van der Waals surface area contributed by atoms with E-state index >= 15 is 0 Å². The molecule has 1 aromatic carbocycles. The summed E-state index contributed by atoms with van der Waals surface area (Å²) in [6.07, 6.45) is 0. The Morgan fingerprint density at radius 1 is 1.43 bits per heavy atom. The lowest BCUT2D eigenvalue weighted by Gasteiger charge is -2.12. The molecule has 1 atom stereocenters. The lowest BCUT2D eigenvalue weighted by Crippen LogP contribution is -2.18. The first-order chi connectivity index (χ1) is 6.63. The third-order valence-corrected chi connectivity index (χ3v) is 2.93. The fraction of sp³-hybridized carbons (Fsp3) is 0.400. The molecule has 2 nitrogen and oxygen atoms in total. The molecule has 0 spiro atoms. The highest BCUT2D eigenvalue weighted by Gasteiger charge is 2.04. The van der Waals surface area contributed by atoms with Gasteiger partial charge in [-0.05, 0) is 40.7 Å². The van der Waals surface area contributed by atoms with Crippen LogP contribution in [0.4, 0.5) is 0 Å². The molecule has 0 heterocycles.